The Bertz CT molecular complexity index is 888. The third kappa shape index (κ3) is 5.44. The normalized spacial score (nSPS) is 18.9. The van der Waals surface area contributed by atoms with Gasteiger partial charge in [0, 0.05) is 16.9 Å². The van der Waals surface area contributed by atoms with Crippen molar-refractivity contribution in [3.8, 4) is 0 Å². The molecule has 1 aromatic heterocycles. The maximum Gasteiger partial charge on any atom is 2.00 e. The van der Waals surface area contributed by atoms with Crippen molar-refractivity contribution in [3.05, 3.63) is 112 Å². The first-order valence-electron chi connectivity index (χ1n) is 9.11. The van der Waals surface area contributed by atoms with E-state index in [9.17, 15) is 9.59 Å². The van der Waals surface area contributed by atoms with Gasteiger partial charge in [-0.1, -0.05) is 0 Å². The van der Waals surface area contributed by atoms with Gasteiger partial charge in [0.2, 0.25) is 5.91 Å². The Kier molecular flexibility index (Phi) is 7.94. The van der Waals surface area contributed by atoms with Crippen molar-refractivity contribution < 1.29 is 31.1 Å². The quantitative estimate of drug-likeness (QED) is 0.559. The van der Waals surface area contributed by atoms with E-state index in [0.29, 0.717) is 28.6 Å². The molecule has 0 saturated heterocycles. The molecule has 5 rings (SSSR count). The Labute approximate surface area is 188 Å². The van der Waals surface area contributed by atoms with Gasteiger partial charge >= 0.3 is 17.1 Å². The number of furan rings is 1. The summed E-state index contributed by atoms with van der Waals surface area (Å²) in [5, 5.41) is 5.65. The number of benzene rings is 1. The summed E-state index contributed by atoms with van der Waals surface area (Å²) in [5.74, 6) is 0.810. The Morgan fingerprint density at radius 3 is 2.30 bits per heavy atom. The van der Waals surface area contributed by atoms with Crippen LogP contribution in [0.3, 0.4) is 0 Å². The third-order valence-corrected chi connectivity index (χ3v) is 4.37. The van der Waals surface area contributed by atoms with Gasteiger partial charge in [-0.2, -0.15) is 0 Å². The molecule has 6 heteroatoms. The minimum Gasteiger partial charge on any atom is -0.465 e. The van der Waals surface area contributed by atoms with Crippen LogP contribution < -0.4 is 10.6 Å². The summed E-state index contributed by atoms with van der Waals surface area (Å²) in [6.45, 7) is 0. The summed E-state index contributed by atoms with van der Waals surface area (Å²) >= 11 is 0. The standard InChI is InChI=1S/C19H13N2O3.C5H5.Fe/c22-18(12-4-1-2-5-12)20-13-7-8-17-15(10-13)16(19(23)21-17)11-14-6-3-9-24-14;1-2-4-5-3-1;/h1-11H,(H,20,22)(H,21,23);1-5H;/q;;+2/b16-11+;;. The average molecular weight is 438 g/mol. The fourth-order valence-electron chi connectivity index (χ4n) is 2.97. The van der Waals surface area contributed by atoms with E-state index in [1.165, 1.54) is 0 Å². The van der Waals surface area contributed by atoms with E-state index in [4.69, 9.17) is 4.42 Å². The summed E-state index contributed by atoms with van der Waals surface area (Å²) in [7, 11) is 0. The van der Waals surface area contributed by atoms with E-state index in [0.717, 1.165) is 5.56 Å². The number of nitrogens with one attached hydrogen (secondary N) is 2. The van der Waals surface area contributed by atoms with Gasteiger partial charge in [-0.25, -0.2) is 0 Å². The zero-order valence-corrected chi connectivity index (χ0v) is 16.9. The molecule has 2 fully saturated rings. The molecular weight excluding hydrogens is 420 g/mol. The number of amides is 2. The molecule has 1 aromatic carbocycles. The van der Waals surface area contributed by atoms with Crippen molar-refractivity contribution >= 4 is 34.8 Å². The second kappa shape index (κ2) is 10.6. The second-order valence-electron chi connectivity index (χ2n) is 6.38. The molecule has 2 aromatic rings. The van der Waals surface area contributed by atoms with Gasteiger partial charge in [0.1, 0.15) is 5.76 Å². The maximum absolute atomic E-state index is 12.2. The van der Waals surface area contributed by atoms with E-state index >= 15 is 0 Å². The van der Waals surface area contributed by atoms with Crippen LogP contribution in [-0.4, -0.2) is 11.8 Å². The van der Waals surface area contributed by atoms with Gasteiger partial charge in [0.25, 0.3) is 5.91 Å². The van der Waals surface area contributed by atoms with Crippen molar-refractivity contribution in [1.82, 2.24) is 0 Å². The van der Waals surface area contributed by atoms with Crippen LogP contribution in [0.25, 0.3) is 11.6 Å². The smallest absolute Gasteiger partial charge is 0.465 e. The Hall–Kier alpha value is -2.30. The fraction of sp³-hybridized carbons (Fsp3) is 0. The number of rotatable bonds is 3. The predicted molar refractivity (Wildman–Crippen MR) is 112 cm³/mol. The van der Waals surface area contributed by atoms with E-state index in [-0.39, 0.29) is 28.9 Å². The van der Waals surface area contributed by atoms with E-state index in [1.807, 2.05) is 44.9 Å². The van der Waals surface area contributed by atoms with Crippen molar-refractivity contribution in [3.63, 3.8) is 0 Å². The molecule has 2 aliphatic carbocycles. The molecule has 1 aliphatic heterocycles. The molecule has 0 spiro atoms. The average Bonchev–Trinajstić information content (AvgIpc) is 3.53. The third-order valence-electron chi connectivity index (χ3n) is 4.37. The molecule has 3 aliphatic rings. The molecule has 5 nitrogen and oxygen atoms in total. The first-order valence-corrected chi connectivity index (χ1v) is 9.11. The zero-order valence-electron chi connectivity index (χ0n) is 15.8. The molecule has 0 unspecified atom stereocenters. The molecule has 0 atom stereocenters. The van der Waals surface area contributed by atoms with Crippen LogP contribution in [0.2, 0.25) is 0 Å². The Morgan fingerprint density at radius 1 is 0.967 bits per heavy atom. The SMILES string of the molecule is O=C(Nc1ccc2c(c1)/C(=C\c1ccco1)C(=O)N2)[C]1[CH][CH][CH][CH]1.[CH]1[CH][CH][CH][CH]1.[Fe+2]. The maximum atomic E-state index is 12.2. The molecular formula is C24H18FeN2O3+2. The van der Waals surface area contributed by atoms with Crippen molar-refractivity contribution in [2.45, 2.75) is 0 Å². The summed E-state index contributed by atoms with van der Waals surface area (Å²) in [5.41, 5.74) is 2.58. The fourth-order valence-corrected chi connectivity index (χ4v) is 2.97. The van der Waals surface area contributed by atoms with Crippen LogP contribution in [0.5, 0.6) is 0 Å². The minimum absolute atomic E-state index is 0. The molecule has 2 saturated carbocycles. The molecule has 2 N–H and O–H groups in total. The summed E-state index contributed by atoms with van der Waals surface area (Å²) in [6, 6.07) is 8.85. The van der Waals surface area contributed by atoms with E-state index in [2.05, 4.69) is 10.6 Å². The van der Waals surface area contributed by atoms with Gasteiger partial charge in [0.15, 0.2) is 0 Å². The van der Waals surface area contributed by atoms with Gasteiger partial charge in [0.05, 0.1) is 17.8 Å². The number of anilines is 2. The molecule has 2 heterocycles. The molecule has 10 radical (unpaired) electrons. The van der Waals surface area contributed by atoms with Crippen LogP contribution in [0.15, 0.2) is 41.0 Å². The summed E-state index contributed by atoms with van der Waals surface area (Å²) in [6.07, 6.45) is 20.3. The molecule has 148 valence electrons. The Morgan fingerprint density at radius 2 is 1.67 bits per heavy atom. The summed E-state index contributed by atoms with van der Waals surface area (Å²) in [4.78, 5) is 24.3. The number of carbonyl (C=O) groups excluding carboxylic acids is 2. The number of hydrogen-bond acceptors (Lipinski definition) is 3. The van der Waals surface area contributed by atoms with Gasteiger partial charge < -0.3 is 15.1 Å². The van der Waals surface area contributed by atoms with Crippen LogP contribution in [0.1, 0.15) is 11.3 Å². The van der Waals surface area contributed by atoms with Crippen LogP contribution >= 0.6 is 0 Å². The summed E-state index contributed by atoms with van der Waals surface area (Å²) < 4.78 is 5.28. The van der Waals surface area contributed by atoms with E-state index in [1.54, 1.807) is 55.5 Å². The molecule has 30 heavy (non-hydrogen) atoms. The van der Waals surface area contributed by atoms with Crippen molar-refractivity contribution in [2.75, 3.05) is 10.6 Å². The monoisotopic (exact) mass is 438 g/mol. The van der Waals surface area contributed by atoms with Gasteiger partial charge in [-0.3, -0.25) is 9.59 Å². The number of fused-ring (bicyclic) bond motifs is 1. The minimum atomic E-state index is -0.194. The topological polar surface area (TPSA) is 71.3 Å². The Balaban J connectivity index is 0.000000376. The van der Waals surface area contributed by atoms with Gasteiger partial charge in [-0.05, 0) is 94.2 Å². The van der Waals surface area contributed by atoms with Crippen LogP contribution in [0.4, 0.5) is 11.4 Å². The van der Waals surface area contributed by atoms with E-state index < -0.39 is 0 Å². The molecule has 0 bridgehead atoms. The second-order valence-corrected chi connectivity index (χ2v) is 6.38. The van der Waals surface area contributed by atoms with Gasteiger partial charge in [-0.15, -0.1) is 0 Å². The van der Waals surface area contributed by atoms with Crippen LogP contribution in [0, 0.1) is 63.7 Å². The first-order chi connectivity index (χ1) is 14.2. The molecule has 2 amide bonds. The van der Waals surface area contributed by atoms with Crippen molar-refractivity contribution in [1.29, 1.82) is 0 Å². The number of carbonyl (C=O) groups is 2. The van der Waals surface area contributed by atoms with Crippen molar-refractivity contribution in [2.24, 2.45) is 0 Å². The largest absolute Gasteiger partial charge is 2.00 e. The zero-order chi connectivity index (χ0) is 20.1. The first kappa shape index (κ1) is 22.4. The predicted octanol–water partition coefficient (Wildman–Crippen LogP) is 4.14. The number of hydrogen-bond donors (Lipinski definition) is 2. The van der Waals surface area contributed by atoms with Crippen LogP contribution in [-0.2, 0) is 26.7 Å².